The fraction of sp³-hybridized carbons (Fsp3) is 0.421. The molecule has 2 atom stereocenters. The van der Waals surface area contributed by atoms with Gasteiger partial charge in [-0.2, -0.15) is 0 Å². The highest BCUT2D eigenvalue weighted by molar-refractivity contribution is 7.92. The summed E-state index contributed by atoms with van der Waals surface area (Å²) in [4.78, 5) is 20.9. The van der Waals surface area contributed by atoms with Crippen LogP contribution >= 0.6 is 11.3 Å². The number of nitrogens with zero attached hydrogens (tertiary/aromatic N) is 4. The molecular formula is C38H41N5O3S2. The van der Waals surface area contributed by atoms with E-state index in [1.165, 1.54) is 5.56 Å². The molecule has 1 saturated heterocycles. The first-order chi connectivity index (χ1) is 23.3. The van der Waals surface area contributed by atoms with Crippen LogP contribution < -0.4 is 5.32 Å². The zero-order chi connectivity index (χ0) is 33.0. The third kappa shape index (κ3) is 5.71. The maximum atomic E-state index is 14.3. The normalized spacial score (nSPS) is 20.3. The number of anilines is 1. The summed E-state index contributed by atoms with van der Waals surface area (Å²) in [7, 11) is -3.61. The summed E-state index contributed by atoms with van der Waals surface area (Å²) in [6.45, 7) is 7.85. The third-order valence-corrected chi connectivity index (χ3v) is 13.4. The molecule has 8 rings (SSSR count). The fourth-order valence-electron chi connectivity index (χ4n) is 7.77. The first-order valence-electron chi connectivity index (χ1n) is 17.2. The van der Waals surface area contributed by atoms with Gasteiger partial charge >= 0.3 is 0 Å². The second-order valence-corrected chi connectivity index (χ2v) is 17.0. The summed E-state index contributed by atoms with van der Waals surface area (Å²) < 4.78 is 35.2. The smallest absolute Gasteiger partial charge is 0.181 e. The van der Waals surface area contributed by atoms with Gasteiger partial charge in [0.15, 0.2) is 9.84 Å². The van der Waals surface area contributed by atoms with E-state index in [9.17, 15) is 8.42 Å². The average Bonchev–Trinajstić information content (AvgIpc) is 3.78. The topological polar surface area (TPSA) is 107 Å². The molecule has 0 spiro atoms. The van der Waals surface area contributed by atoms with Crippen molar-refractivity contribution < 1.29 is 13.2 Å². The number of ether oxygens (including phenoxy) is 1. The molecule has 3 aliphatic rings. The average molecular weight is 680 g/mol. The summed E-state index contributed by atoms with van der Waals surface area (Å²) in [5.74, 6) is 1.43. The van der Waals surface area contributed by atoms with E-state index in [0.29, 0.717) is 10.8 Å². The monoisotopic (exact) mass is 679 g/mol. The lowest BCUT2D eigenvalue weighted by molar-refractivity contribution is 0.0639. The number of fused-ring (bicyclic) bond motifs is 3. The number of pyridine rings is 4. The van der Waals surface area contributed by atoms with Crippen molar-refractivity contribution in [3.05, 3.63) is 83.2 Å². The van der Waals surface area contributed by atoms with Crippen LogP contribution in [0.1, 0.15) is 79.7 Å². The zero-order valence-electron chi connectivity index (χ0n) is 27.7. The van der Waals surface area contributed by atoms with Gasteiger partial charge in [0.1, 0.15) is 5.82 Å². The zero-order valence-corrected chi connectivity index (χ0v) is 29.3. The largest absolute Gasteiger partial charge is 0.381 e. The van der Waals surface area contributed by atoms with Crippen molar-refractivity contribution in [2.45, 2.75) is 76.2 Å². The van der Waals surface area contributed by atoms with Crippen LogP contribution in [0.2, 0.25) is 0 Å². The Morgan fingerprint density at radius 3 is 2.65 bits per heavy atom. The van der Waals surface area contributed by atoms with Crippen molar-refractivity contribution in [3.63, 3.8) is 0 Å². The number of aryl methyl sites for hydroxylation is 3. The van der Waals surface area contributed by atoms with Crippen LogP contribution in [0, 0.1) is 18.8 Å². The number of thiophene rings is 1. The molecule has 48 heavy (non-hydrogen) atoms. The number of rotatable bonds is 8. The molecule has 0 amide bonds. The van der Waals surface area contributed by atoms with E-state index in [0.717, 1.165) is 112 Å². The number of hydrogen-bond donors (Lipinski definition) is 1. The minimum atomic E-state index is -3.61. The second-order valence-electron chi connectivity index (χ2n) is 13.9. The first-order valence-corrected chi connectivity index (χ1v) is 19.6. The van der Waals surface area contributed by atoms with E-state index in [4.69, 9.17) is 19.7 Å². The first kappa shape index (κ1) is 31.5. The lowest BCUT2D eigenvalue weighted by atomic mass is 9.88. The lowest BCUT2D eigenvalue weighted by Crippen LogP contribution is -2.17. The van der Waals surface area contributed by atoms with Crippen molar-refractivity contribution in [1.29, 1.82) is 0 Å². The Bertz CT molecular complexity index is 2120. The van der Waals surface area contributed by atoms with E-state index in [2.05, 4.69) is 49.3 Å². The quantitative estimate of drug-likeness (QED) is 0.175. The van der Waals surface area contributed by atoms with Crippen LogP contribution in [-0.2, 0) is 27.4 Å². The van der Waals surface area contributed by atoms with Crippen LogP contribution in [0.3, 0.4) is 0 Å². The summed E-state index contributed by atoms with van der Waals surface area (Å²) in [6, 6.07) is 12.5. The van der Waals surface area contributed by atoms with Crippen LogP contribution in [0.4, 0.5) is 5.82 Å². The Hall–Kier alpha value is -3.73. The molecule has 7 heterocycles. The molecule has 0 radical (unpaired) electrons. The molecule has 8 nitrogen and oxygen atoms in total. The molecule has 5 aromatic heterocycles. The molecule has 248 valence electrons. The minimum Gasteiger partial charge on any atom is -0.381 e. The van der Waals surface area contributed by atoms with E-state index in [-0.39, 0.29) is 23.6 Å². The van der Waals surface area contributed by atoms with E-state index in [1.54, 1.807) is 11.3 Å². The van der Waals surface area contributed by atoms with E-state index < -0.39 is 9.84 Å². The highest BCUT2D eigenvalue weighted by atomic mass is 32.2. The van der Waals surface area contributed by atoms with Gasteiger partial charge in [-0.1, -0.05) is 19.9 Å². The second kappa shape index (κ2) is 12.6. The van der Waals surface area contributed by atoms with Crippen LogP contribution in [0.15, 0.2) is 59.9 Å². The van der Waals surface area contributed by atoms with Gasteiger partial charge < -0.3 is 10.1 Å². The summed E-state index contributed by atoms with van der Waals surface area (Å²) in [6.07, 6.45) is 11.2. The summed E-state index contributed by atoms with van der Waals surface area (Å²) in [5, 5.41) is 4.76. The van der Waals surface area contributed by atoms with Gasteiger partial charge in [0, 0.05) is 59.4 Å². The summed E-state index contributed by atoms with van der Waals surface area (Å²) >= 11 is 1.61. The van der Waals surface area contributed by atoms with Crippen molar-refractivity contribution >= 4 is 37.1 Å². The standard InChI is InChI=1S/C38H41N5O3S2/c1-22(2)27-21-48(44,45)37-34(32-20-25-11-16-41-38(36(25)47-32)43-29-9-8-28-26(29)5-4-14-39-28)33(31-19-23(3)10-15-40-31)30(42-35(27)37)7-6-24-12-17-46-18-13-24/h4-5,10-11,14-16,19-20,22,24,27,29H,6-9,12-13,17-18,21H2,1-3H3,(H,41,43)/t27-,29-/m1/s1. The molecule has 0 unspecified atom stereocenters. The molecule has 1 fully saturated rings. The summed E-state index contributed by atoms with van der Waals surface area (Å²) in [5.41, 5.74) is 7.47. The molecule has 10 heteroatoms. The Kier molecular flexibility index (Phi) is 8.29. The van der Waals surface area contributed by atoms with Crippen LogP contribution in [0.25, 0.3) is 31.8 Å². The molecule has 1 N–H and O–H groups in total. The number of nitrogens with one attached hydrogen (secondary N) is 1. The van der Waals surface area contributed by atoms with Gasteiger partial charge in [0.25, 0.3) is 0 Å². The van der Waals surface area contributed by atoms with Crippen molar-refractivity contribution in [2.24, 2.45) is 11.8 Å². The van der Waals surface area contributed by atoms with Gasteiger partial charge in [0.05, 0.1) is 38.5 Å². The number of hydrogen-bond acceptors (Lipinski definition) is 9. The highest BCUT2D eigenvalue weighted by Crippen LogP contribution is 2.51. The molecule has 2 aliphatic heterocycles. The van der Waals surface area contributed by atoms with E-state index >= 15 is 0 Å². The lowest BCUT2D eigenvalue weighted by Gasteiger charge is -2.23. The predicted molar refractivity (Wildman–Crippen MR) is 191 cm³/mol. The van der Waals surface area contributed by atoms with Crippen LogP contribution in [0.5, 0.6) is 0 Å². The minimum absolute atomic E-state index is 0.0818. The Morgan fingerprint density at radius 1 is 1.00 bits per heavy atom. The number of sulfone groups is 1. The van der Waals surface area contributed by atoms with Gasteiger partial charge in [-0.3, -0.25) is 15.0 Å². The molecule has 0 bridgehead atoms. The Labute approximate surface area is 286 Å². The van der Waals surface area contributed by atoms with Gasteiger partial charge in [-0.05, 0) is 104 Å². The van der Waals surface area contributed by atoms with Gasteiger partial charge in [-0.15, -0.1) is 11.3 Å². The molecule has 0 saturated carbocycles. The molecule has 0 aromatic carbocycles. The predicted octanol–water partition coefficient (Wildman–Crippen LogP) is 8.11. The third-order valence-electron chi connectivity index (χ3n) is 10.4. The molecular weight excluding hydrogens is 639 g/mol. The molecule has 5 aromatic rings. The van der Waals surface area contributed by atoms with Crippen LogP contribution in [-0.4, -0.2) is 47.3 Å². The van der Waals surface area contributed by atoms with Gasteiger partial charge in [-0.25, -0.2) is 13.4 Å². The molecule has 1 aliphatic carbocycles. The SMILES string of the molecule is Cc1ccnc(-c2c(CCC3CCOCC3)nc3c(c2-c2cc4ccnc(N[C@@H]5CCc6ncccc65)c4s2)S(=O)(=O)C[C@@H]3C(C)C)c1. The van der Waals surface area contributed by atoms with E-state index in [1.807, 2.05) is 36.8 Å². The number of aromatic nitrogens is 4. The van der Waals surface area contributed by atoms with Crippen molar-refractivity contribution in [1.82, 2.24) is 19.9 Å². The fourth-order valence-corrected chi connectivity index (χ4v) is 11.2. The highest BCUT2D eigenvalue weighted by Gasteiger charge is 2.42. The van der Waals surface area contributed by atoms with Crippen molar-refractivity contribution in [2.75, 3.05) is 24.3 Å². The maximum absolute atomic E-state index is 14.3. The van der Waals surface area contributed by atoms with Gasteiger partial charge in [0.2, 0.25) is 0 Å². The van der Waals surface area contributed by atoms with Crippen molar-refractivity contribution in [3.8, 4) is 21.7 Å². The Balaban J connectivity index is 1.33. The Morgan fingerprint density at radius 2 is 1.83 bits per heavy atom. The maximum Gasteiger partial charge on any atom is 0.181 e.